The number of nitrogens with one attached hydrogen (secondary N) is 2. The van der Waals surface area contributed by atoms with Gasteiger partial charge in [0.1, 0.15) is 22.2 Å². The summed E-state index contributed by atoms with van der Waals surface area (Å²) in [5, 5.41) is 5.80. The third kappa shape index (κ3) is 5.14. The van der Waals surface area contributed by atoms with Gasteiger partial charge in [0, 0.05) is 21.8 Å². The van der Waals surface area contributed by atoms with Gasteiger partial charge in [-0.3, -0.25) is 19.3 Å². The van der Waals surface area contributed by atoms with Gasteiger partial charge in [0.05, 0.1) is 12.8 Å². The van der Waals surface area contributed by atoms with Crippen LogP contribution in [-0.4, -0.2) is 29.4 Å². The van der Waals surface area contributed by atoms with E-state index in [0.717, 1.165) is 16.7 Å². The van der Waals surface area contributed by atoms with Crippen LogP contribution in [0.15, 0.2) is 105 Å². The normalized spacial score (nSPS) is 14.2. The Morgan fingerprint density at radius 1 is 0.900 bits per heavy atom. The van der Waals surface area contributed by atoms with Crippen LogP contribution in [0.3, 0.4) is 0 Å². The Hall–Kier alpha value is -5.03. The van der Waals surface area contributed by atoms with Crippen molar-refractivity contribution in [2.75, 3.05) is 17.4 Å². The van der Waals surface area contributed by atoms with Gasteiger partial charge in [0.15, 0.2) is 11.5 Å². The molecule has 4 aromatic rings. The average molecular weight is 558 g/mol. The number of amides is 3. The van der Waals surface area contributed by atoms with Gasteiger partial charge in [-0.2, -0.15) is 0 Å². The molecule has 2 N–H and O–H groups in total. The van der Waals surface area contributed by atoms with Gasteiger partial charge in [0.2, 0.25) is 6.79 Å². The average Bonchev–Trinajstić information content (AvgIpc) is 3.70. The van der Waals surface area contributed by atoms with Gasteiger partial charge in [-0.25, -0.2) is 4.39 Å². The molecule has 6 rings (SSSR count). The van der Waals surface area contributed by atoms with E-state index in [1.165, 1.54) is 30.5 Å². The highest BCUT2D eigenvalue weighted by Gasteiger charge is 2.39. The van der Waals surface area contributed by atoms with E-state index in [1.54, 1.807) is 54.6 Å². The lowest BCUT2D eigenvalue weighted by atomic mass is 10.2. The van der Waals surface area contributed by atoms with Gasteiger partial charge >= 0.3 is 0 Å². The molecule has 0 fully saturated rings. The zero-order valence-electron chi connectivity index (χ0n) is 20.7. The predicted molar refractivity (Wildman–Crippen MR) is 144 cm³/mol. The molecule has 40 heavy (non-hydrogen) atoms. The van der Waals surface area contributed by atoms with Crippen molar-refractivity contribution in [1.82, 2.24) is 4.90 Å². The van der Waals surface area contributed by atoms with Crippen LogP contribution in [0.4, 0.5) is 15.8 Å². The van der Waals surface area contributed by atoms with Crippen LogP contribution in [0.5, 0.6) is 11.5 Å². The number of fused-ring (bicyclic) bond motifs is 1. The highest BCUT2D eigenvalue weighted by Crippen LogP contribution is 2.37. The van der Waals surface area contributed by atoms with Crippen LogP contribution in [0.1, 0.15) is 16.1 Å². The highest BCUT2D eigenvalue weighted by atomic mass is 32.2. The van der Waals surface area contributed by atoms with Crippen LogP contribution < -0.4 is 20.1 Å². The topological polar surface area (TPSA) is 110 Å². The maximum atomic E-state index is 13.4. The molecule has 0 radical (unpaired) electrons. The second-order valence-electron chi connectivity index (χ2n) is 8.76. The van der Waals surface area contributed by atoms with Crippen LogP contribution in [-0.2, 0) is 16.1 Å². The van der Waals surface area contributed by atoms with E-state index in [9.17, 15) is 18.8 Å². The van der Waals surface area contributed by atoms with Crippen LogP contribution in [0, 0.1) is 5.82 Å². The molecule has 9 nitrogen and oxygen atoms in total. The summed E-state index contributed by atoms with van der Waals surface area (Å²) in [5.41, 5.74) is 1.49. The zero-order valence-corrected chi connectivity index (χ0v) is 21.5. The van der Waals surface area contributed by atoms with E-state index < -0.39 is 17.6 Å². The Morgan fingerprint density at radius 2 is 1.65 bits per heavy atom. The fraction of sp³-hybridized carbons (Fsp3) is 0.0690. The first-order valence-corrected chi connectivity index (χ1v) is 12.9. The smallest absolute Gasteiger partial charge is 0.278 e. The lowest BCUT2D eigenvalue weighted by Gasteiger charge is -2.13. The maximum Gasteiger partial charge on any atom is 0.278 e. The molecule has 0 unspecified atom stereocenters. The molecular weight excluding hydrogens is 537 g/mol. The van der Waals surface area contributed by atoms with Gasteiger partial charge in [0.25, 0.3) is 17.7 Å². The molecule has 1 aromatic heterocycles. The van der Waals surface area contributed by atoms with Crippen molar-refractivity contribution in [2.45, 2.75) is 11.4 Å². The number of anilines is 2. The molecule has 0 spiro atoms. The quantitative estimate of drug-likeness (QED) is 0.278. The minimum Gasteiger partial charge on any atom is -0.467 e. The zero-order chi connectivity index (χ0) is 27.6. The molecule has 3 heterocycles. The van der Waals surface area contributed by atoms with Crippen molar-refractivity contribution >= 4 is 40.9 Å². The third-order valence-corrected chi connectivity index (χ3v) is 7.19. The monoisotopic (exact) mass is 557 g/mol. The van der Waals surface area contributed by atoms with Gasteiger partial charge in [-0.05, 0) is 78.9 Å². The van der Waals surface area contributed by atoms with Gasteiger partial charge in [-0.1, -0.05) is 11.8 Å². The lowest BCUT2D eigenvalue weighted by Crippen LogP contribution is -2.31. The van der Waals surface area contributed by atoms with Crippen LogP contribution in [0.2, 0.25) is 0 Å². The predicted octanol–water partition coefficient (Wildman–Crippen LogP) is 5.38. The molecule has 0 saturated heterocycles. The number of halogens is 1. The standard InChI is InChI=1S/C29H20FN3O6S/c30-18-4-6-19(7-5-18)31-25-26(29(36)33(28(25)35)15-21-2-1-13-37-21)40-22-10-8-20(9-11-22)32-27(34)17-3-12-23-24(14-17)39-16-38-23/h1-14,31H,15-16H2,(H,32,34). The van der Waals surface area contributed by atoms with Crippen molar-refractivity contribution in [3.8, 4) is 11.5 Å². The fourth-order valence-corrected chi connectivity index (χ4v) is 5.05. The molecule has 3 aromatic carbocycles. The van der Waals surface area contributed by atoms with Crippen molar-refractivity contribution in [2.24, 2.45) is 0 Å². The molecule has 2 aliphatic rings. The van der Waals surface area contributed by atoms with Crippen molar-refractivity contribution < 1.29 is 32.7 Å². The molecule has 0 atom stereocenters. The molecule has 0 saturated carbocycles. The summed E-state index contributed by atoms with van der Waals surface area (Å²) in [6.45, 7) is 0.0833. The maximum absolute atomic E-state index is 13.4. The molecule has 2 aliphatic heterocycles. The van der Waals surface area contributed by atoms with E-state index in [2.05, 4.69) is 10.6 Å². The number of hydrogen-bond donors (Lipinski definition) is 2. The Balaban J connectivity index is 1.21. The summed E-state index contributed by atoms with van der Waals surface area (Å²) in [4.78, 5) is 41.3. The number of hydrogen-bond acceptors (Lipinski definition) is 8. The number of ether oxygens (including phenoxy) is 2. The molecule has 3 amide bonds. The Kier molecular flexibility index (Phi) is 6.71. The summed E-state index contributed by atoms with van der Waals surface area (Å²) >= 11 is 1.10. The molecular formula is C29H20FN3O6S. The van der Waals surface area contributed by atoms with E-state index in [0.29, 0.717) is 39.1 Å². The van der Waals surface area contributed by atoms with Crippen LogP contribution in [0.25, 0.3) is 0 Å². The summed E-state index contributed by atoms with van der Waals surface area (Å²) in [5.74, 6) is -0.211. The number of carbonyl (C=O) groups excluding carboxylic acids is 3. The minimum absolute atomic E-state index is 0.0336. The summed E-state index contributed by atoms with van der Waals surface area (Å²) < 4.78 is 29.4. The largest absolute Gasteiger partial charge is 0.467 e. The number of thioether (sulfide) groups is 1. The SMILES string of the molecule is O=C(Nc1ccc(SC2=C(Nc3ccc(F)cc3)C(=O)N(Cc3ccco3)C2=O)cc1)c1ccc2c(c1)OCO2. The van der Waals surface area contributed by atoms with Crippen molar-refractivity contribution in [1.29, 1.82) is 0 Å². The number of rotatable bonds is 8. The molecule has 0 bridgehead atoms. The first-order chi connectivity index (χ1) is 19.4. The highest BCUT2D eigenvalue weighted by molar-refractivity contribution is 8.04. The van der Waals surface area contributed by atoms with Crippen LogP contribution >= 0.6 is 11.8 Å². The van der Waals surface area contributed by atoms with Crippen molar-refractivity contribution in [3.63, 3.8) is 0 Å². The van der Waals surface area contributed by atoms with E-state index >= 15 is 0 Å². The van der Waals surface area contributed by atoms with Gasteiger partial charge < -0.3 is 24.5 Å². The van der Waals surface area contributed by atoms with Crippen molar-refractivity contribution in [3.05, 3.63) is 113 Å². The summed E-state index contributed by atoms with van der Waals surface area (Å²) in [7, 11) is 0. The first kappa shape index (κ1) is 25.3. The van der Waals surface area contributed by atoms with Gasteiger partial charge in [-0.15, -0.1) is 0 Å². The number of furan rings is 1. The van der Waals surface area contributed by atoms with E-state index in [1.807, 2.05) is 0 Å². The van der Waals surface area contributed by atoms with E-state index in [-0.39, 0.29) is 29.8 Å². The molecule has 0 aliphatic carbocycles. The molecule has 200 valence electrons. The second kappa shape index (κ2) is 10.6. The van der Waals surface area contributed by atoms with E-state index in [4.69, 9.17) is 13.9 Å². The Labute approximate surface area is 231 Å². The number of imide groups is 1. The second-order valence-corrected chi connectivity index (χ2v) is 9.84. The Bertz CT molecular complexity index is 1640. The minimum atomic E-state index is -0.527. The summed E-state index contributed by atoms with van der Waals surface area (Å²) in [6.07, 6.45) is 1.47. The fourth-order valence-electron chi connectivity index (χ4n) is 4.10. The number of carbonyl (C=O) groups is 3. The first-order valence-electron chi connectivity index (χ1n) is 12.1. The number of benzene rings is 3. The summed E-state index contributed by atoms with van der Waals surface area (Å²) in [6, 6.07) is 20.6. The molecule has 11 heteroatoms. The lowest BCUT2D eigenvalue weighted by molar-refractivity contribution is -0.138. The third-order valence-electron chi connectivity index (χ3n) is 6.10. The Morgan fingerprint density at radius 3 is 2.40 bits per heavy atom. The number of nitrogens with zero attached hydrogens (tertiary/aromatic N) is 1.